The Hall–Kier alpha value is -3.21. The maximum atomic E-state index is 13.5. The summed E-state index contributed by atoms with van der Waals surface area (Å²) in [6, 6.07) is 20.1. The Balaban J connectivity index is 1.34. The van der Waals surface area contributed by atoms with E-state index in [4.69, 9.17) is 0 Å². The molecule has 0 spiro atoms. The molecular formula is C27H24F2N2O. The van der Waals surface area contributed by atoms with Crippen LogP contribution >= 0.6 is 0 Å². The number of nitrogens with one attached hydrogen (secondary N) is 2. The first-order chi connectivity index (χ1) is 15.6. The first-order valence-electron chi connectivity index (χ1n) is 11.3. The molecule has 3 aromatic carbocycles. The smallest absolute Gasteiger partial charge is 0.255 e. The second kappa shape index (κ2) is 7.44. The molecule has 0 aromatic heterocycles. The predicted octanol–water partition coefficient (Wildman–Crippen LogP) is 6.51. The van der Waals surface area contributed by atoms with E-state index in [1.807, 2.05) is 12.1 Å². The molecule has 6 rings (SSSR count). The van der Waals surface area contributed by atoms with Crippen LogP contribution in [0.25, 0.3) is 0 Å². The molecule has 2 aliphatic carbocycles. The molecular weight excluding hydrogens is 406 g/mol. The summed E-state index contributed by atoms with van der Waals surface area (Å²) >= 11 is 0. The van der Waals surface area contributed by atoms with Gasteiger partial charge in [-0.25, -0.2) is 8.78 Å². The van der Waals surface area contributed by atoms with Crippen molar-refractivity contribution in [3.05, 3.63) is 95.1 Å². The summed E-state index contributed by atoms with van der Waals surface area (Å²) in [6.07, 6.45) is 3.78. The standard InChI is InChI=1S/C27H24F2N2O/c28-21-10-9-19(14-22(21)29)30-27(32)18-8-11-23-20(13-18)24-16-6-7-17(12-16)25(24)26(31-23)15-4-2-1-3-5-15/h1-5,8-11,13-14,16-17,24-26,31H,6-7,12H2,(H,30,32)/t16-,17-,24-,25-,26-/m0/s1. The van der Waals surface area contributed by atoms with Crippen LogP contribution in [0.2, 0.25) is 0 Å². The van der Waals surface area contributed by atoms with Gasteiger partial charge in [0.2, 0.25) is 0 Å². The van der Waals surface area contributed by atoms with Gasteiger partial charge in [0.1, 0.15) is 0 Å². The van der Waals surface area contributed by atoms with Crippen LogP contribution < -0.4 is 10.6 Å². The molecule has 3 aliphatic rings. The third-order valence-electron chi connectivity index (χ3n) is 7.69. The number of rotatable bonds is 3. The lowest BCUT2D eigenvalue weighted by atomic mass is 9.68. The minimum Gasteiger partial charge on any atom is -0.378 e. The van der Waals surface area contributed by atoms with Crippen LogP contribution in [-0.4, -0.2) is 5.91 Å². The van der Waals surface area contributed by atoms with Crippen molar-refractivity contribution >= 4 is 17.3 Å². The van der Waals surface area contributed by atoms with Crippen molar-refractivity contribution in [2.24, 2.45) is 17.8 Å². The number of hydrogen-bond acceptors (Lipinski definition) is 2. The van der Waals surface area contributed by atoms with E-state index >= 15 is 0 Å². The van der Waals surface area contributed by atoms with E-state index in [2.05, 4.69) is 41.0 Å². The van der Waals surface area contributed by atoms with Crippen LogP contribution in [0.1, 0.15) is 52.7 Å². The third kappa shape index (κ3) is 3.10. The number of benzene rings is 3. The Morgan fingerprint density at radius 1 is 0.906 bits per heavy atom. The highest BCUT2D eigenvalue weighted by Gasteiger charge is 2.53. The molecule has 1 amide bonds. The zero-order valence-corrected chi connectivity index (χ0v) is 17.5. The van der Waals surface area contributed by atoms with E-state index in [-0.39, 0.29) is 17.6 Å². The molecule has 0 unspecified atom stereocenters. The Morgan fingerprint density at radius 3 is 2.53 bits per heavy atom. The predicted molar refractivity (Wildman–Crippen MR) is 121 cm³/mol. The minimum atomic E-state index is -0.978. The van der Waals surface area contributed by atoms with E-state index in [9.17, 15) is 13.6 Å². The molecule has 0 radical (unpaired) electrons. The van der Waals surface area contributed by atoms with Crippen molar-refractivity contribution in [1.29, 1.82) is 0 Å². The number of hydrogen-bond donors (Lipinski definition) is 2. The lowest BCUT2D eigenvalue weighted by Crippen LogP contribution is -2.35. The Morgan fingerprint density at radius 2 is 1.72 bits per heavy atom. The van der Waals surface area contributed by atoms with Gasteiger partial charge in [-0.2, -0.15) is 0 Å². The van der Waals surface area contributed by atoms with E-state index in [0.717, 1.165) is 17.8 Å². The quantitative estimate of drug-likeness (QED) is 0.497. The van der Waals surface area contributed by atoms with Gasteiger partial charge in [0.05, 0.1) is 6.04 Å². The zero-order valence-electron chi connectivity index (χ0n) is 17.5. The number of anilines is 2. The Kier molecular flexibility index (Phi) is 4.53. The van der Waals surface area contributed by atoms with Gasteiger partial charge < -0.3 is 10.6 Å². The molecule has 1 aliphatic heterocycles. The van der Waals surface area contributed by atoms with Crippen molar-refractivity contribution in [3.8, 4) is 0 Å². The van der Waals surface area contributed by atoms with E-state index in [0.29, 0.717) is 29.2 Å². The minimum absolute atomic E-state index is 0.242. The summed E-state index contributed by atoms with van der Waals surface area (Å²) in [5, 5.41) is 6.47. The largest absolute Gasteiger partial charge is 0.378 e. The van der Waals surface area contributed by atoms with Crippen molar-refractivity contribution in [3.63, 3.8) is 0 Å². The summed E-state index contributed by atoms with van der Waals surface area (Å²) in [5.74, 6) is 0.0903. The molecule has 2 fully saturated rings. The average molecular weight is 430 g/mol. The summed E-state index contributed by atoms with van der Waals surface area (Å²) < 4.78 is 26.7. The highest BCUT2D eigenvalue weighted by molar-refractivity contribution is 6.04. The Bertz CT molecular complexity index is 1200. The number of fused-ring (bicyclic) bond motifs is 7. The second-order valence-corrected chi connectivity index (χ2v) is 9.35. The van der Waals surface area contributed by atoms with Crippen LogP contribution in [-0.2, 0) is 0 Å². The van der Waals surface area contributed by atoms with Crippen LogP contribution in [0, 0.1) is 29.4 Å². The molecule has 162 valence electrons. The molecule has 0 saturated heterocycles. The van der Waals surface area contributed by atoms with Crippen LogP contribution in [0.4, 0.5) is 20.2 Å². The summed E-state index contributed by atoms with van der Waals surface area (Å²) in [4.78, 5) is 12.9. The molecule has 3 nitrogen and oxygen atoms in total. The fourth-order valence-electron chi connectivity index (χ4n) is 6.39. The van der Waals surface area contributed by atoms with Crippen molar-refractivity contribution in [2.45, 2.75) is 31.2 Å². The normalized spacial score (nSPS) is 27.4. The summed E-state index contributed by atoms with van der Waals surface area (Å²) in [7, 11) is 0. The molecule has 1 heterocycles. The van der Waals surface area contributed by atoms with Crippen molar-refractivity contribution in [1.82, 2.24) is 0 Å². The number of amides is 1. The maximum absolute atomic E-state index is 13.5. The van der Waals surface area contributed by atoms with Crippen molar-refractivity contribution in [2.75, 3.05) is 10.6 Å². The molecule has 2 saturated carbocycles. The van der Waals surface area contributed by atoms with Gasteiger partial charge in [-0.15, -0.1) is 0 Å². The highest BCUT2D eigenvalue weighted by Crippen LogP contribution is 2.63. The molecule has 32 heavy (non-hydrogen) atoms. The molecule has 5 heteroatoms. The highest BCUT2D eigenvalue weighted by atomic mass is 19.2. The van der Waals surface area contributed by atoms with Gasteiger partial charge >= 0.3 is 0 Å². The van der Waals surface area contributed by atoms with Crippen LogP contribution in [0.5, 0.6) is 0 Å². The van der Waals surface area contributed by atoms with Gasteiger partial charge in [-0.3, -0.25) is 4.79 Å². The van der Waals surface area contributed by atoms with Gasteiger partial charge in [-0.05, 0) is 84.4 Å². The van der Waals surface area contributed by atoms with E-state index in [1.54, 1.807) is 6.07 Å². The average Bonchev–Trinajstić information content (AvgIpc) is 3.44. The zero-order chi connectivity index (χ0) is 21.8. The number of carbonyl (C=O) groups is 1. The fraction of sp³-hybridized carbons (Fsp3) is 0.296. The van der Waals surface area contributed by atoms with Gasteiger partial charge in [0.15, 0.2) is 11.6 Å². The summed E-state index contributed by atoms with van der Waals surface area (Å²) in [5.41, 5.74) is 4.41. The fourth-order valence-corrected chi connectivity index (χ4v) is 6.39. The lowest BCUT2D eigenvalue weighted by Gasteiger charge is -2.43. The van der Waals surface area contributed by atoms with Crippen molar-refractivity contribution < 1.29 is 13.6 Å². The Labute approximate surface area is 185 Å². The molecule has 2 N–H and O–H groups in total. The second-order valence-electron chi connectivity index (χ2n) is 9.35. The SMILES string of the molecule is O=C(Nc1ccc(F)c(F)c1)c1ccc2c(c1)[C@@H]1[C@H]3CC[C@@H](C3)[C@@H]1[C@H](c1ccccc1)N2. The maximum Gasteiger partial charge on any atom is 0.255 e. The lowest BCUT2D eigenvalue weighted by molar-refractivity contribution is 0.102. The molecule has 2 bridgehead atoms. The van der Waals surface area contributed by atoms with Crippen LogP contribution in [0.15, 0.2) is 66.7 Å². The van der Waals surface area contributed by atoms with Gasteiger partial charge in [0, 0.05) is 23.0 Å². The first kappa shape index (κ1) is 19.5. The third-order valence-corrected chi connectivity index (χ3v) is 7.69. The van der Waals surface area contributed by atoms with E-state index < -0.39 is 11.6 Å². The van der Waals surface area contributed by atoms with Gasteiger partial charge in [-0.1, -0.05) is 30.3 Å². The van der Waals surface area contributed by atoms with E-state index in [1.165, 1.54) is 36.5 Å². The molecule has 3 aromatic rings. The summed E-state index contributed by atoms with van der Waals surface area (Å²) in [6.45, 7) is 0. The number of carbonyl (C=O) groups excluding carboxylic acids is 1. The number of halogens is 2. The van der Waals surface area contributed by atoms with Gasteiger partial charge in [0.25, 0.3) is 5.91 Å². The molecule has 5 atom stereocenters. The topological polar surface area (TPSA) is 41.1 Å². The van der Waals surface area contributed by atoms with Crippen LogP contribution in [0.3, 0.4) is 0 Å². The first-order valence-corrected chi connectivity index (χ1v) is 11.3. The monoisotopic (exact) mass is 430 g/mol.